The molecular formula is C22H26O. The van der Waals surface area contributed by atoms with Crippen LogP contribution < -0.4 is 4.74 Å². The summed E-state index contributed by atoms with van der Waals surface area (Å²) in [5.41, 5.74) is 1.36. The van der Waals surface area contributed by atoms with E-state index in [1.54, 1.807) is 0 Å². The van der Waals surface area contributed by atoms with E-state index in [0.717, 1.165) is 25.2 Å². The molecule has 0 aliphatic rings. The molecule has 0 aromatic heterocycles. The van der Waals surface area contributed by atoms with E-state index in [1.807, 2.05) is 0 Å². The lowest BCUT2D eigenvalue weighted by atomic mass is 9.99. The van der Waals surface area contributed by atoms with Gasteiger partial charge in [0.1, 0.15) is 5.75 Å². The standard InChI is InChI=1S/C22H26O/c1-3-5-6-9-14-23-22-20-11-8-7-10-18(20)16-19-13-12-17(4-2)15-21(19)22/h7-8,10-13,15-16H,3-6,9,14H2,1-2H3. The zero-order valence-electron chi connectivity index (χ0n) is 14.3. The van der Waals surface area contributed by atoms with Crippen LogP contribution in [0.2, 0.25) is 0 Å². The first-order valence-corrected chi connectivity index (χ1v) is 8.90. The fourth-order valence-electron chi connectivity index (χ4n) is 3.15. The zero-order valence-corrected chi connectivity index (χ0v) is 14.3. The molecule has 0 radical (unpaired) electrons. The van der Waals surface area contributed by atoms with Crippen LogP contribution in [-0.4, -0.2) is 6.61 Å². The lowest BCUT2D eigenvalue weighted by molar-refractivity contribution is 0.312. The number of hydrogen-bond donors (Lipinski definition) is 0. The first-order chi connectivity index (χ1) is 11.3. The maximum Gasteiger partial charge on any atom is 0.134 e. The van der Waals surface area contributed by atoms with E-state index in [4.69, 9.17) is 4.74 Å². The predicted octanol–water partition coefficient (Wildman–Crippen LogP) is 6.51. The first-order valence-electron chi connectivity index (χ1n) is 8.90. The Morgan fingerprint density at radius 1 is 0.783 bits per heavy atom. The minimum atomic E-state index is 0.805. The molecule has 0 bridgehead atoms. The molecule has 3 rings (SSSR count). The highest BCUT2D eigenvalue weighted by atomic mass is 16.5. The highest BCUT2D eigenvalue weighted by Gasteiger charge is 2.09. The molecule has 0 saturated heterocycles. The fourth-order valence-corrected chi connectivity index (χ4v) is 3.15. The Balaban J connectivity index is 2.01. The lowest BCUT2D eigenvalue weighted by Crippen LogP contribution is -1.99. The zero-order chi connectivity index (χ0) is 16.1. The number of unbranched alkanes of at least 4 members (excludes halogenated alkanes) is 3. The SMILES string of the molecule is CCCCCCOc1c2ccccc2cc2ccc(CC)cc12. The summed E-state index contributed by atoms with van der Waals surface area (Å²) in [6.07, 6.45) is 5.99. The van der Waals surface area contributed by atoms with Crippen molar-refractivity contribution in [3.8, 4) is 5.75 Å². The summed E-state index contributed by atoms with van der Waals surface area (Å²) in [7, 11) is 0. The van der Waals surface area contributed by atoms with E-state index in [-0.39, 0.29) is 0 Å². The predicted molar refractivity (Wildman–Crippen MR) is 100 cm³/mol. The molecule has 0 spiro atoms. The molecular weight excluding hydrogens is 280 g/mol. The first kappa shape index (κ1) is 15.9. The Kier molecular flexibility index (Phi) is 5.17. The Labute approximate surface area is 139 Å². The second kappa shape index (κ2) is 7.50. The molecule has 23 heavy (non-hydrogen) atoms. The number of hydrogen-bond acceptors (Lipinski definition) is 1. The van der Waals surface area contributed by atoms with Crippen molar-refractivity contribution < 1.29 is 4.74 Å². The number of benzene rings is 3. The molecule has 0 amide bonds. The Morgan fingerprint density at radius 3 is 2.43 bits per heavy atom. The second-order valence-corrected chi connectivity index (χ2v) is 6.24. The maximum absolute atomic E-state index is 6.28. The van der Waals surface area contributed by atoms with Gasteiger partial charge < -0.3 is 4.74 Å². The van der Waals surface area contributed by atoms with Crippen molar-refractivity contribution >= 4 is 21.5 Å². The largest absolute Gasteiger partial charge is 0.492 e. The summed E-state index contributed by atoms with van der Waals surface area (Å²) in [4.78, 5) is 0. The van der Waals surface area contributed by atoms with Gasteiger partial charge >= 0.3 is 0 Å². The van der Waals surface area contributed by atoms with Crippen molar-refractivity contribution in [2.45, 2.75) is 46.0 Å². The summed E-state index contributed by atoms with van der Waals surface area (Å²) in [5, 5.41) is 5.00. The molecule has 0 atom stereocenters. The molecule has 120 valence electrons. The Hall–Kier alpha value is -2.02. The van der Waals surface area contributed by atoms with Gasteiger partial charge in [-0.2, -0.15) is 0 Å². The normalized spacial score (nSPS) is 11.2. The molecule has 3 aromatic carbocycles. The summed E-state index contributed by atoms with van der Waals surface area (Å²) >= 11 is 0. The van der Waals surface area contributed by atoms with Crippen LogP contribution in [0.1, 0.15) is 45.1 Å². The fraction of sp³-hybridized carbons (Fsp3) is 0.364. The van der Waals surface area contributed by atoms with Gasteiger partial charge in [-0.1, -0.05) is 69.5 Å². The molecule has 1 heteroatoms. The van der Waals surface area contributed by atoms with Gasteiger partial charge in [0.25, 0.3) is 0 Å². The van der Waals surface area contributed by atoms with Gasteiger partial charge in [-0.3, -0.25) is 0 Å². The van der Waals surface area contributed by atoms with Crippen LogP contribution in [0.5, 0.6) is 5.75 Å². The third-order valence-electron chi connectivity index (χ3n) is 4.53. The third kappa shape index (κ3) is 3.50. The Bertz CT molecular complexity index is 788. The van der Waals surface area contributed by atoms with Gasteiger partial charge in [0.05, 0.1) is 6.61 Å². The van der Waals surface area contributed by atoms with Gasteiger partial charge in [0.15, 0.2) is 0 Å². The number of aryl methyl sites for hydroxylation is 1. The van der Waals surface area contributed by atoms with Crippen LogP contribution in [-0.2, 0) is 6.42 Å². The monoisotopic (exact) mass is 306 g/mol. The van der Waals surface area contributed by atoms with Crippen LogP contribution in [0.15, 0.2) is 48.5 Å². The molecule has 0 unspecified atom stereocenters. The van der Waals surface area contributed by atoms with E-state index in [9.17, 15) is 0 Å². The number of ether oxygens (including phenoxy) is 1. The van der Waals surface area contributed by atoms with Crippen molar-refractivity contribution in [1.29, 1.82) is 0 Å². The van der Waals surface area contributed by atoms with E-state index < -0.39 is 0 Å². The molecule has 0 fully saturated rings. The van der Waals surface area contributed by atoms with Crippen LogP contribution >= 0.6 is 0 Å². The highest BCUT2D eigenvalue weighted by molar-refractivity contribution is 6.05. The molecule has 3 aromatic rings. The lowest BCUT2D eigenvalue weighted by Gasteiger charge is -2.14. The minimum absolute atomic E-state index is 0.805. The average molecular weight is 306 g/mol. The van der Waals surface area contributed by atoms with Gasteiger partial charge in [0, 0.05) is 10.8 Å². The van der Waals surface area contributed by atoms with Gasteiger partial charge in [-0.25, -0.2) is 0 Å². The van der Waals surface area contributed by atoms with E-state index in [1.165, 1.54) is 46.4 Å². The van der Waals surface area contributed by atoms with Crippen molar-refractivity contribution in [1.82, 2.24) is 0 Å². The van der Waals surface area contributed by atoms with Crippen molar-refractivity contribution in [3.63, 3.8) is 0 Å². The number of rotatable bonds is 7. The summed E-state index contributed by atoms with van der Waals surface area (Å²) in [6, 6.07) is 17.6. The van der Waals surface area contributed by atoms with E-state index in [0.29, 0.717) is 0 Å². The minimum Gasteiger partial charge on any atom is -0.492 e. The summed E-state index contributed by atoms with van der Waals surface area (Å²) in [5.74, 6) is 1.06. The van der Waals surface area contributed by atoms with Crippen molar-refractivity contribution in [2.75, 3.05) is 6.61 Å². The average Bonchev–Trinajstić information content (AvgIpc) is 2.60. The molecule has 1 nitrogen and oxygen atoms in total. The topological polar surface area (TPSA) is 9.23 Å². The quantitative estimate of drug-likeness (QED) is 0.357. The van der Waals surface area contributed by atoms with Crippen LogP contribution in [0.3, 0.4) is 0 Å². The van der Waals surface area contributed by atoms with E-state index >= 15 is 0 Å². The van der Waals surface area contributed by atoms with Crippen LogP contribution in [0.25, 0.3) is 21.5 Å². The van der Waals surface area contributed by atoms with Gasteiger partial charge in [-0.15, -0.1) is 0 Å². The summed E-state index contributed by atoms with van der Waals surface area (Å²) < 4.78 is 6.28. The summed E-state index contributed by atoms with van der Waals surface area (Å²) in [6.45, 7) is 5.25. The van der Waals surface area contributed by atoms with Crippen molar-refractivity contribution in [3.05, 3.63) is 54.1 Å². The molecule has 0 N–H and O–H groups in total. The van der Waals surface area contributed by atoms with E-state index in [2.05, 4.69) is 62.4 Å². The smallest absolute Gasteiger partial charge is 0.134 e. The van der Waals surface area contributed by atoms with Gasteiger partial charge in [-0.05, 0) is 41.3 Å². The second-order valence-electron chi connectivity index (χ2n) is 6.24. The van der Waals surface area contributed by atoms with Crippen LogP contribution in [0.4, 0.5) is 0 Å². The molecule has 0 saturated carbocycles. The third-order valence-corrected chi connectivity index (χ3v) is 4.53. The molecule has 0 heterocycles. The maximum atomic E-state index is 6.28. The van der Waals surface area contributed by atoms with Crippen LogP contribution in [0, 0.1) is 0 Å². The highest BCUT2D eigenvalue weighted by Crippen LogP contribution is 2.35. The Morgan fingerprint density at radius 2 is 1.61 bits per heavy atom. The van der Waals surface area contributed by atoms with Gasteiger partial charge in [0.2, 0.25) is 0 Å². The molecule has 0 aliphatic heterocycles. The number of fused-ring (bicyclic) bond motifs is 2. The molecule has 0 aliphatic carbocycles. The van der Waals surface area contributed by atoms with Crippen molar-refractivity contribution in [2.24, 2.45) is 0 Å².